The topological polar surface area (TPSA) is 85.6 Å². The molecule has 28 heavy (non-hydrogen) atoms. The fraction of sp³-hybridized carbons (Fsp3) is 0.227. The molecule has 0 unspecified atom stereocenters. The van der Waals surface area contributed by atoms with Crippen molar-refractivity contribution in [2.45, 2.75) is 26.7 Å². The Labute approximate surface area is 162 Å². The number of hydrogen-bond donors (Lipinski definition) is 1. The van der Waals surface area contributed by atoms with Gasteiger partial charge in [-0.3, -0.25) is 14.4 Å². The number of amides is 1. The Balaban J connectivity index is 1.52. The molecule has 0 bridgehead atoms. The SMILES string of the molecule is CCc1ccc2c(CC(=O)OCC(=O)Nc3ccc(C(C)=O)cc3)coc2c1. The Morgan fingerprint density at radius 1 is 1.07 bits per heavy atom. The van der Waals surface area contributed by atoms with Crippen LogP contribution in [0.4, 0.5) is 5.69 Å². The fourth-order valence-electron chi connectivity index (χ4n) is 2.82. The molecule has 0 saturated heterocycles. The molecule has 0 fully saturated rings. The Morgan fingerprint density at radius 3 is 2.50 bits per heavy atom. The highest BCUT2D eigenvalue weighted by molar-refractivity contribution is 5.96. The second-order valence-corrected chi connectivity index (χ2v) is 6.46. The number of carbonyl (C=O) groups excluding carboxylic acids is 3. The van der Waals surface area contributed by atoms with Gasteiger partial charge in [-0.05, 0) is 49.2 Å². The van der Waals surface area contributed by atoms with Crippen LogP contribution in [0, 0.1) is 0 Å². The highest BCUT2D eigenvalue weighted by Gasteiger charge is 2.13. The van der Waals surface area contributed by atoms with E-state index in [-0.39, 0.29) is 18.8 Å². The third kappa shape index (κ3) is 4.65. The first-order chi connectivity index (χ1) is 13.5. The number of carbonyl (C=O) groups is 3. The zero-order valence-electron chi connectivity index (χ0n) is 15.8. The van der Waals surface area contributed by atoms with E-state index in [1.54, 1.807) is 30.5 Å². The number of aryl methyl sites for hydroxylation is 1. The zero-order chi connectivity index (χ0) is 20.1. The summed E-state index contributed by atoms with van der Waals surface area (Å²) in [4.78, 5) is 35.3. The van der Waals surface area contributed by atoms with Crippen molar-refractivity contribution in [1.82, 2.24) is 0 Å². The summed E-state index contributed by atoms with van der Waals surface area (Å²) >= 11 is 0. The molecule has 1 aromatic heterocycles. The van der Waals surface area contributed by atoms with Gasteiger partial charge in [0, 0.05) is 22.2 Å². The number of benzene rings is 2. The number of anilines is 1. The quantitative estimate of drug-likeness (QED) is 0.497. The van der Waals surface area contributed by atoms with Crippen LogP contribution in [0.1, 0.15) is 35.3 Å². The molecule has 0 atom stereocenters. The molecule has 3 rings (SSSR count). The number of hydrogen-bond acceptors (Lipinski definition) is 5. The summed E-state index contributed by atoms with van der Waals surface area (Å²) in [6.45, 7) is 3.15. The van der Waals surface area contributed by atoms with E-state index in [0.29, 0.717) is 11.3 Å². The van der Waals surface area contributed by atoms with Gasteiger partial charge in [0.1, 0.15) is 5.58 Å². The molecule has 1 amide bonds. The summed E-state index contributed by atoms with van der Waals surface area (Å²) in [6, 6.07) is 12.4. The minimum absolute atomic E-state index is 0.0268. The molecule has 6 nitrogen and oxygen atoms in total. The first-order valence-electron chi connectivity index (χ1n) is 9.01. The van der Waals surface area contributed by atoms with E-state index in [2.05, 4.69) is 12.2 Å². The second-order valence-electron chi connectivity index (χ2n) is 6.46. The first-order valence-corrected chi connectivity index (χ1v) is 9.01. The van der Waals surface area contributed by atoms with Gasteiger partial charge in [0.05, 0.1) is 12.7 Å². The highest BCUT2D eigenvalue weighted by atomic mass is 16.5. The molecule has 1 N–H and O–H groups in total. The first kappa shape index (κ1) is 19.4. The van der Waals surface area contributed by atoms with E-state index in [4.69, 9.17) is 9.15 Å². The summed E-state index contributed by atoms with van der Waals surface area (Å²) in [7, 11) is 0. The predicted molar refractivity (Wildman–Crippen MR) is 105 cm³/mol. The summed E-state index contributed by atoms with van der Waals surface area (Å²) in [6.07, 6.45) is 2.47. The molecule has 0 aliphatic rings. The molecule has 1 heterocycles. The lowest BCUT2D eigenvalue weighted by Crippen LogP contribution is -2.21. The molecule has 0 saturated carbocycles. The number of Topliss-reactive ketones (excluding diaryl/α,β-unsaturated/α-hetero) is 1. The van der Waals surface area contributed by atoms with Crippen molar-refractivity contribution in [2.75, 3.05) is 11.9 Å². The number of furan rings is 1. The van der Waals surface area contributed by atoms with Crippen LogP contribution in [-0.2, 0) is 27.2 Å². The van der Waals surface area contributed by atoms with Crippen LogP contribution in [0.25, 0.3) is 11.0 Å². The Bertz CT molecular complexity index is 1020. The Kier molecular flexibility index (Phi) is 5.89. The third-order valence-corrected chi connectivity index (χ3v) is 4.40. The van der Waals surface area contributed by atoms with E-state index in [1.807, 2.05) is 18.2 Å². The number of rotatable bonds is 7. The van der Waals surface area contributed by atoms with Gasteiger partial charge in [-0.15, -0.1) is 0 Å². The second kappa shape index (κ2) is 8.52. The molecule has 0 aliphatic heterocycles. The molecule has 3 aromatic rings. The molecular weight excluding hydrogens is 358 g/mol. The molecular formula is C22H21NO5. The molecule has 144 valence electrons. The minimum atomic E-state index is -0.510. The van der Waals surface area contributed by atoms with Gasteiger partial charge >= 0.3 is 5.97 Å². The van der Waals surface area contributed by atoms with Crippen LogP contribution in [0.3, 0.4) is 0 Å². The molecule has 2 aromatic carbocycles. The van der Waals surface area contributed by atoms with Crippen molar-refractivity contribution in [1.29, 1.82) is 0 Å². The van der Waals surface area contributed by atoms with Crippen molar-refractivity contribution >= 4 is 34.3 Å². The number of nitrogens with one attached hydrogen (secondary N) is 1. The minimum Gasteiger partial charge on any atom is -0.464 e. The van der Waals surface area contributed by atoms with Crippen molar-refractivity contribution in [3.05, 3.63) is 65.4 Å². The van der Waals surface area contributed by atoms with Crippen molar-refractivity contribution < 1.29 is 23.5 Å². The summed E-state index contributed by atoms with van der Waals surface area (Å²) in [5.74, 6) is -1.01. The van der Waals surface area contributed by atoms with E-state index in [0.717, 1.165) is 28.5 Å². The van der Waals surface area contributed by atoms with Crippen LogP contribution in [0.5, 0.6) is 0 Å². The lowest BCUT2D eigenvalue weighted by atomic mass is 10.1. The smallest absolute Gasteiger partial charge is 0.310 e. The monoisotopic (exact) mass is 379 g/mol. The van der Waals surface area contributed by atoms with Crippen LogP contribution in [0.2, 0.25) is 0 Å². The summed E-state index contributed by atoms with van der Waals surface area (Å²) in [5, 5.41) is 3.48. The molecule has 0 aliphatic carbocycles. The largest absolute Gasteiger partial charge is 0.464 e. The maximum absolute atomic E-state index is 12.1. The van der Waals surface area contributed by atoms with E-state index in [9.17, 15) is 14.4 Å². The van der Waals surface area contributed by atoms with Crippen LogP contribution in [-0.4, -0.2) is 24.3 Å². The maximum Gasteiger partial charge on any atom is 0.310 e. The van der Waals surface area contributed by atoms with Crippen molar-refractivity contribution in [3.8, 4) is 0 Å². The summed E-state index contributed by atoms with van der Waals surface area (Å²) < 4.78 is 10.6. The molecule has 6 heteroatoms. The van der Waals surface area contributed by atoms with Crippen molar-refractivity contribution in [2.24, 2.45) is 0 Å². The number of fused-ring (bicyclic) bond motifs is 1. The van der Waals surface area contributed by atoms with Gasteiger partial charge in [0.2, 0.25) is 0 Å². The number of ketones is 1. The van der Waals surface area contributed by atoms with Gasteiger partial charge in [-0.25, -0.2) is 0 Å². The van der Waals surface area contributed by atoms with Gasteiger partial charge < -0.3 is 14.5 Å². The summed E-state index contributed by atoms with van der Waals surface area (Å²) in [5.41, 5.74) is 3.70. The Morgan fingerprint density at radius 2 is 1.82 bits per heavy atom. The van der Waals surface area contributed by atoms with Crippen LogP contribution < -0.4 is 5.32 Å². The lowest BCUT2D eigenvalue weighted by molar-refractivity contribution is -0.146. The Hall–Kier alpha value is -3.41. The molecule has 0 spiro atoms. The third-order valence-electron chi connectivity index (χ3n) is 4.40. The lowest BCUT2D eigenvalue weighted by Gasteiger charge is -2.07. The number of esters is 1. The van der Waals surface area contributed by atoms with Gasteiger partial charge in [0.25, 0.3) is 5.91 Å². The van der Waals surface area contributed by atoms with Crippen molar-refractivity contribution in [3.63, 3.8) is 0 Å². The average molecular weight is 379 g/mol. The normalized spacial score (nSPS) is 10.6. The van der Waals surface area contributed by atoms with E-state index in [1.165, 1.54) is 6.92 Å². The standard InChI is InChI=1S/C22H21NO5/c1-3-15-4-9-19-17(12-27-20(19)10-15)11-22(26)28-13-21(25)23-18-7-5-16(6-8-18)14(2)24/h4-10,12H,3,11,13H2,1-2H3,(H,23,25). The van der Waals surface area contributed by atoms with Gasteiger partial charge in [0.15, 0.2) is 12.4 Å². The van der Waals surface area contributed by atoms with Gasteiger partial charge in [-0.2, -0.15) is 0 Å². The fourth-order valence-corrected chi connectivity index (χ4v) is 2.82. The molecule has 0 radical (unpaired) electrons. The van der Waals surface area contributed by atoms with Gasteiger partial charge in [-0.1, -0.05) is 19.1 Å². The zero-order valence-corrected chi connectivity index (χ0v) is 15.8. The predicted octanol–water partition coefficient (Wildman–Crippen LogP) is 3.92. The van der Waals surface area contributed by atoms with E-state index < -0.39 is 11.9 Å². The maximum atomic E-state index is 12.1. The van der Waals surface area contributed by atoms with Crippen LogP contribution >= 0.6 is 0 Å². The number of ether oxygens (including phenoxy) is 1. The average Bonchev–Trinajstić information content (AvgIpc) is 3.08. The van der Waals surface area contributed by atoms with E-state index >= 15 is 0 Å². The highest BCUT2D eigenvalue weighted by Crippen LogP contribution is 2.23. The van der Waals surface area contributed by atoms with Crippen LogP contribution in [0.15, 0.2) is 53.1 Å².